The smallest absolute Gasteiger partial charge is 0.322 e. The second kappa shape index (κ2) is 7.00. The van der Waals surface area contributed by atoms with Gasteiger partial charge in [-0.3, -0.25) is 14.5 Å². The minimum Gasteiger partial charge on any atom is -0.480 e. The van der Waals surface area contributed by atoms with Crippen molar-refractivity contribution >= 4 is 27.8 Å². The molecule has 0 unspecified atom stereocenters. The van der Waals surface area contributed by atoms with Gasteiger partial charge in [0, 0.05) is 22.6 Å². The fourth-order valence-electron chi connectivity index (χ4n) is 2.05. The van der Waals surface area contributed by atoms with Gasteiger partial charge in [0.1, 0.15) is 12.4 Å². The van der Waals surface area contributed by atoms with Gasteiger partial charge in [-0.25, -0.2) is 4.39 Å². The van der Waals surface area contributed by atoms with Gasteiger partial charge in [-0.05, 0) is 31.0 Å². The molecule has 0 radical (unpaired) electrons. The van der Waals surface area contributed by atoms with Crippen molar-refractivity contribution in [3.8, 4) is 0 Å². The van der Waals surface area contributed by atoms with Crippen molar-refractivity contribution in [1.82, 2.24) is 10.2 Å². The summed E-state index contributed by atoms with van der Waals surface area (Å²) >= 11 is 3.30. The van der Waals surface area contributed by atoms with E-state index in [1.54, 1.807) is 12.1 Å². The van der Waals surface area contributed by atoms with E-state index in [-0.39, 0.29) is 24.3 Å². The molecule has 21 heavy (non-hydrogen) atoms. The molecule has 1 aliphatic carbocycles. The number of hydrogen-bond acceptors (Lipinski definition) is 3. The van der Waals surface area contributed by atoms with Crippen LogP contribution < -0.4 is 5.32 Å². The van der Waals surface area contributed by atoms with Crippen molar-refractivity contribution in [3.63, 3.8) is 0 Å². The zero-order valence-corrected chi connectivity index (χ0v) is 12.9. The van der Waals surface area contributed by atoms with Crippen LogP contribution in [0.2, 0.25) is 0 Å². The molecule has 2 N–H and O–H groups in total. The number of carboxylic acid groups (broad SMARTS) is 1. The number of rotatable bonds is 7. The highest BCUT2D eigenvalue weighted by Gasteiger charge is 2.30. The Kier molecular flexibility index (Phi) is 5.30. The third-order valence-corrected chi connectivity index (χ3v) is 3.72. The first-order chi connectivity index (χ1) is 9.95. The van der Waals surface area contributed by atoms with Crippen LogP contribution in [-0.4, -0.2) is 41.0 Å². The van der Waals surface area contributed by atoms with Crippen molar-refractivity contribution in [2.75, 3.05) is 13.1 Å². The third-order valence-electron chi connectivity index (χ3n) is 3.23. The Morgan fingerprint density at radius 2 is 2.14 bits per heavy atom. The van der Waals surface area contributed by atoms with Gasteiger partial charge >= 0.3 is 5.97 Å². The molecule has 1 aliphatic rings. The summed E-state index contributed by atoms with van der Waals surface area (Å²) in [5, 5.41) is 10.9. The SMILES string of the molecule is O=C(O)CNC(=O)CN(Cc1cc(Br)ccc1F)C1CC1. The molecule has 0 heterocycles. The Morgan fingerprint density at radius 3 is 2.76 bits per heavy atom. The van der Waals surface area contributed by atoms with Crippen LogP contribution in [-0.2, 0) is 16.1 Å². The molecule has 0 spiro atoms. The van der Waals surface area contributed by atoms with Gasteiger partial charge in [0.25, 0.3) is 0 Å². The van der Waals surface area contributed by atoms with E-state index in [0.29, 0.717) is 12.1 Å². The molecule has 7 heteroatoms. The normalized spacial score (nSPS) is 14.2. The molecule has 1 amide bonds. The van der Waals surface area contributed by atoms with E-state index < -0.39 is 12.5 Å². The quantitative estimate of drug-likeness (QED) is 0.779. The van der Waals surface area contributed by atoms with Crippen molar-refractivity contribution in [2.24, 2.45) is 0 Å². The summed E-state index contributed by atoms with van der Waals surface area (Å²) in [7, 11) is 0. The molecule has 0 atom stereocenters. The molecular formula is C14H16BrFN2O3. The van der Waals surface area contributed by atoms with Crippen molar-refractivity contribution in [2.45, 2.75) is 25.4 Å². The summed E-state index contributed by atoms with van der Waals surface area (Å²) in [5.74, 6) is -1.76. The zero-order valence-electron chi connectivity index (χ0n) is 11.3. The molecular weight excluding hydrogens is 343 g/mol. The lowest BCUT2D eigenvalue weighted by atomic mass is 10.2. The summed E-state index contributed by atoms with van der Waals surface area (Å²) in [6.07, 6.45) is 1.95. The molecule has 0 aromatic heterocycles. The van der Waals surface area contributed by atoms with Crippen LogP contribution in [0.25, 0.3) is 0 Å². The molecule has 2 rings (SSSR count). The highest BCUT2D eigenvalue weighted by Crippen LogP contribution is 2.29. The van der Waals surface area contributed by atoms with E-state index >= 15 is 0 Å². The maximum atomic E-state index is 13.8. The van der Waals surface area contributed by atoms with E-state index in [1.165, 1.54) is 6.07 Å². The summed E-state index contributed by atoms with van der Waals surface area (Å²) in [5.41, 5.74) is 0.516. The molecule has 114 valence electrons. The first-order valence-corrected chi connectivity index (χ1v) is 7.41. The van der Waals surface area contributed by atoms with Crippen LogP contribution >= 0.6 is 15.9 Å². The molecule has 1 aromatic rings. The average Bonchev–Trinajstić information content (AvgIpc) is 3.24. The average molecular weight is 359 g/mol. The summed E-state index contributed by atoms with van der Waals surface area (Å²) in [6.45, 7) is 0.00289. The third kappa shape index (κ3) is 5.09. The van der Waals surface area contributed by atoms with Gasteiger partial charge in [0.05, 0.1) is 6.54 Å². The zero-order chi connectivity index (χ0) is 15.4. The largest absolute Gasteiger partial charge is 0.480 e. The minimum atomic E-state index is -1.08. The predicted molar refractivity (Wildman–Crippen MR) is 78.2 cm³/mol. The van der Waals surface area contributed by atoms with Crippen LogP contribution in [0.3, 0.4) is 0 Å². The van der Waals surface area contributed by atoms with Gasteiger partial charge in [0.2, 0.25) is 5.91 Å². The van der Waals surface area contributed by atoms with E-state index in [2.05, 4.69) is 21.2 Å². The number of carbonyl (C=O) groups is 2. The lowest BCUT2D eigenvalue weighted by Crippen LogP contribution is -2.40. The summed E-state index contributed by atoms with van der Waals surface area (Å²) < 4.78 is 14.6. The number of nitrogens with zero attached hydrogens (tertiary/aromatic N) is 1. The number of amides is 1. The maximum absolute atomic E-state index is 13.8. The maximum Gasteiger partial charge on any atom is 0.322 e. The number of halogens is 2. The minimum absolute atomic E-state index is 0.0733. The second-order valence-electron chi connectivity index (χ2n) is 5.04. The highest BCUT2D eigenvalue weighted by molar-refractivity contribution is 9.10. The Bertz CT molecular complexity index is 549. The van der Waals surface area contributed by atoms with Gasteiger partial charge in [-0.2, -0.15) is 0 Å². The lowest BCUT2D eigenvalue weighted by Gasteiger charge is -2.21. The first kappa shape index (κ1) is 15.9. The highest BCUT2D eigenvalue weighted by atomic mass is 79.9. The number of carboxylic acids is 1. The predicted octanol–water partition coefficient (Wildman–Crippen LogP) is 1.75. The van der Waals surface area contributed by atoms with Crippen LogP contribution in [0.15, 0.2) is 22.7 Å². The Balaban J connectivity index is 1.97. The molecule has 0 aliphatic heterocycles. The fourth-order valence-corrected chi connectivity index (χ4v) is 2.46. The molecule has 1 fully saturated rings. The molecule has 1 aromatic carbocycles. The van der Waals surface area contributed by atoms with Gasteiger partial charge in [-0.1, -0.05) is 15.9 Å². The van der Waals surface area contributed by atoms with Crippen molar-refractivity contribution in [1.29, 1.82) is 0 Å². The lowest BCUT2D eigenvalue weighted by molar-refractivity contribution is -0.138. The molecule has 0 bridgehead atoms. The Hall–Kier alpha value is -1.47. The van der Waals surface area contributed by atoms with Crippen LogP contribution in [0.4, 0.5) is 4.39 Å². The van der Waals surface area contributed by atoms with Gasteiger partial charge in [-0.15, -0.1) is 0 Å². The first-order valence-electron chi connectivity index (χ1n) is 6.62. The number of benzene rings is 1. The van der Waals surface area contributed by atoms with Crippen LogP contribution in [0.5, 0.6) is 0 Å². The van der Waals surface area contributed by atoms with E-state index in [0.717, 1.165) is 17.3 Å². The molecule has 1 saturated carbocycles. The van der Waals surface area contributed by atoms with E-state index in [4.69, 9.17) is 5.11 Å². The van der Waals surface area contributed by atoms with E-state index in [1.807, 2.05) is 4.90 Å². The number of aliphatic carboxylic acids is 1. The standard InChI is InChI=1S/C14H16BrFN2O3/c15-10-1-4-12(16)9(5-10)7-18(11-2-3-11)8-13(19)17-6-14(20)21/h1,4-5,11H,2-3,6-8H2,(H,17,19)(H,20,21). The fraction of sp³-hybridized carbons (Fsp3) is 0.429. The topological polar surface area (TPSA) is 69.6 Å². The van der Waals surface area contributed by atoms with Crippen LogP contribution in [0, 0.1) is 5.82 Å². The van der Waals surface area contributed by atoms with Gasteiger partial charge in [0.15, 0.2) is 0 Å². The van der Waals surface area contributed by atoms with Crippen molar-refractivity contribution in [3.05, 3.63) is 34.1 Å². The Labute approximate surface area is 130 Å². The Morgan fingerprint density at radius 1 is 1.43 bits per heavy atom. The summed E-state index contributed by atoms with van der Waals surface area (Å²) in [4.78, 5) is 24.0. The molecule has 5 nitrogen and oxygen atoms in total. The summed E-state index contributed by atoms with van der Waals surface area (Å²) in [6, 6.07) is 4.97. The monoisotopic (exact) mass is 358 g/mol. The number of carbonyl (C=O) groups excluding carboxylic acids is 1. The van der Waals surface area contributed by atoms with Gasteiger partial charge < -0.3 is 10.4 Å². The second-order valence-corrected chi connectivity index (χ2v) is 5.96. The van der Waals surface area contributed by atoms with Crippen LogP contribution in [0.1, 0.15) is 18.4 Å². The number of nitrogens with one attached hydrogen (secondary N) is 1. The van der Waals surface area contributed by atoms with E-state index in [9.17, 15) is 14.0 Å². The van der Waals surface area contributed by atoms with Crippen molar-refractivity contribution < 1.29 is 19.1 Å². The number of hydrogen-bond donors (Lipinski definition) is 2. The molecule has 0 saturated heterocycles.